The number of nitrogens with one attached hydrogen (secondary N) is 1. The molecule has 23 heavy (non-hydrogen) atoms. The lowest BCUT2D eigenvalue weighted by Crippen LogP contribution is -2.14. The monoisotopic (exact) mass is 331 g/mol. The normalized spacial score (nSPS) is 11.0. The Morgan fingerprint density at radius 3 is 2.78 bits per heavy atom. The van der Waals surface area contributed by atoms with Gasteiger partial charge in [0.1, 0.15) is 11.4 Å². The molecule has 0 radical (unpaired) electrons. The zero-order valence-corrected chi connectivity index (χ0v) is 13.5. The van der Waals surface area contributed by atoms with E-state index in [0.717, 1.165) is 33.7 Å². The number of fused-ring (bicyclic) bond motifs is 1. The van der Waals surface area contributed by atoms with Crippen LogP contribution in [0.15, 0.2) is 41.0 Å². The molecule has 0 saturated heterocycles. The van der Waals surface area contributed by atoms with E-state index in [0.29, 0.717) is 5.69 Å². The first kappa shape index (κ1) is 15.6. The Bertz CT molecular complexity index is 901. The maximum Gasteiger partial charge on any atom is 0.228 e. The minimum Gasteiger partial charge on any atom is -0.464 e. The van der Waals surface area contributed by atoms with Crippen LogP contribution in [0, 0.1) is 19.7 Å². The van der Waals surface area contributed by atoms with Crippen LogP contribution in [0.3, 0.4) is 0 Å². The molecule has 0 aliphatic rings. The fourth-order valence-electron chi connectivity index (χ4n) is 2.48. The summed E-state index contributed by atoms with van der Waals surface area (Å²) >= 11 is 5.92. The van der Waals surface area contributed by atoms with E-state index < -0.39 is 5.82 Å². The van der Waals surface area contributed by atoms with Crippen LogP contribution in [0.5, 0.6) is 0 Å². The minimum atomic E-state index is -0.445. The molecular formula is C18H15ClFNO2. The van der Waals surface area contributed by atoms with Crippen molar-refractivity contribution in [2.45, 2.75) is 20.3 Å². The van der Waals surface area contributed by atoms with Crippen molar-refractivity contribution in [2.75, 3.05) is 5.32 Å². The van der Waals surface area contributed by atoms with Gasteiger partial charge in [-0.3, -0.25) is 4.79 Å². The van der Waals surface area contributed by atoms with Gasteiger partial charge in [-0.1, -0.05) is 23.7 Å². The summed E-state index contributed by atoms with van der Waals surface area (Å²) in [5, 5.41) is 3.78. The highest BCUT2D eigenvalue weighted by molar-refractivity contribution is 6.33. The second-order valence-corrected chi connectivity index (χ2v) is 5.90. The third-order valence-electron chi connectivity index (χ3n) is 3.90. The summed E-state index contributed by atoms with van der Waals surface area (Å²) in [6, 6.07) is 7.81. The van der Waals surface area contributed by atoms with E-state index >= 15 is 0 Å². The van der Waals surface area contributed by atoms with Crippen molar-refractivity contribution in [1.82, 2.24) is 0 Å². The van der Waals surface area contributed by atoms with Crippen LogP contribution in [0.1, 0.15) is 16.7 Å². The van der Waals surface area contributed by atoms with Crippen molar-refractivity contribution in [3.8, 4) is 0 Å². The van der Waals surface area contributed by atoms with Gasteiger partial charge in [-0.25, -0.2) is 4.39 Å². The topological polar surface area (TPSA) is 42.2 Å². The molecule has 0 aliphatic heterocycles. The number of rotatable bonds is 3. The molecular weight excluding hydrogens is 317 g/mol. The van der Waals surface area contributed by atoms with Crippen LogP contribution in [0.25, 0.3) is 11.0 Å². The number of carbonyl (C=O) groups is 1. The average Bonchev–Trinajstić information content (AvgIpc) is 2.89. The van der Waals surface area contributed by atoms with Crippen LogP contribution in [-0.4, -0.2) is 5.91 Å². The highest BCUT2D eigenvalue weighted by Crippen LogP contribution is 2.27. The number of carbonyl (C=O) groups excluding carboxylic acids is 1. The largest absolute Gasteiger partial charge is 0.464 e. The van der Waals surface area contributed by atoms with Gasteiger partial charge in [0.05, 0.1) is 23.4 Å². The summed E-state index contributed by atoms with van der Waals surface area (Å²) in [4.78, 5) is 12.2. The molecule has 3 aromatic rings. The van der Waals surface area contributed by atoms with E-state index in [1.807, 2.05) is 26.0 Å². The van der Waals surface area contributed by atoms with E-state index in [9.17, 15) is 9.18 Å². The van der Waals surface area contributed by atoms with Crippen molar-refractivity contribution in [1.29, 1.82) is 0 Å². The summed E-state index contributed by atoms with van der Waals surface area (Å²) in [7, 11) is 0. The van der Waals surface area contributed by atoms with Gasteiger partial charge in [0.25, 0.3) is 0 Å². The minimum absolute atomic E-state index is 0.156. The maximum atomic E-state index is 13.0. The summed E-state index contributed by atoms with van der Waals surface area (Å²) in [5.74, 6) is -0.681. The summed E-state index contributed by atoms with van der Waals surface area (Å²) < 4.78 is 18.6. The van der Waals surface area contributed by atoms with Gasteiger partial charge in [-0.15, -0.1) is 0 Å². The van der Waals surface area contributed by atoms with Crippen molar-refractivity contribution >= 4 is 34.2 Å². The Balaban J connectivity index is 1.82. The summed E-state index contributed by atoms with van der Waals surface area (Å²) in [6.45, 7) is 4.00. The molecule has 0 spiro atoms. The van der Waals surface area contributed by atoms with Gasteiger partial charge in [-0.05, 0) is 43.2 Å². The fraction of sp³-hybridized carbons (Fsp3) is 0.167. The van der Waals surface area contributed by atoms with E-state index in [2.05, 4.69) is 5.32 Å². The zero-order valence-electron chi connectivity index (χ0n) is 12.7. The van der Waals surface area contributed by atoms with Crippen LogP contribution in [0.2, 0.25) is 5.02 Å². The molecule has 0 bridgehead atoms. The highest BCUT2D eigenvalue weighted by atomic mass is 35.5. The van der Waals surface area contributed by atoms with Gasteiger partial charge in [0.2, 0.25) is 5.91 Å². The third-order valence-corrected chi connectivity index (χ3v) is 4.21. The molecule has 1 heterocycles. The molecule has 0 saturated carbocycles. The van der Waals surface area contributed by atoms with Crippen LogP contribution in [0.4, 0.5) is 10.1 Å². The molecule has 1 aromatic heterocycles. The number of halogens is 2. The standard InChI is InChI=1S/C18H15ClFNO2/c1-10-3-5-14-12(9-23-18(14)11(10)2)7-17(22)21-16-6-4-13(20)8-15(16)19/h3-6,8-9H,7H2,1-2H3,(H,21,22). The quantitative estimate of drug-likeness (QED) is 0.732. The summed E-state index contributed by atoms with van der Waals surface area (Å²) in [5.41, 5.74) is 4.20. The lowest BCUT2D eigenvalue weighted by atomic mass is 10.0. The van der Waals surface area contributed by atoms with E-state index in [-0.39, 0.29) is 17.4 Å². The second-order valence-electron chi connectivity index (χ2n) is 5.49. The zero-order chi connectivity index (χ0) is 16.6. The van der Waals surface area contributed by atoms with Gasteiger partial charge < -0.3 is 9.73 Å². The summed E-state index contributed by atoms with van der Waals surface area (Å²) in [6.07, 6.45) is 1.76. The number of anilines is 1. The molecule has 1 N–H and O–H groups in total. The van der Waals surface area contributed by atoms with Crippen molar-refractivity contribution < 1.29 is 13.6 Å². The number of amides is 1. The first-order chi connectivity index (χ1) is 11.0. The molecule has 118 valence electrons. The molecule has 3 nitrogen and oxygen atoms in total. The molecule has 0 fully saturated rings. The first-order valence-corrected chi connectivity index (χ1v) is 7.54. The van der Waals surface area contributed by atoms with Crippen molar-refractivity contribution in [3.63, 3.8) is 0 Å². The van der Waals surface area contributed by atoms with Gasteiger partial charge >= 0.3 is 0 Å². The molecule has 2 aromatic carbocycles. The third kappa shape index (κ3) is 3.08. The predicted molar refractivity (Wildman–Crippen MR) is 89.4 cm³/mol. The van der Waals surface area contributed by atoms with Gasteiger partial charge in [-0.2, -0.15) is 0 Å². The van der Waals surface area contributed by atoms with E-state index in [1.54, 1.807) is 6.26 Å². The Morgan fingerprint density at radius 1 is 1.26 bits per heavy atom. The Kier molecular flexibility index (Phi) is 4.09. The predicted octanol–water partition coefficient (Wildman–Crippen LogP) is 5.02. The smallest absolute Gasteiger partial charge is 0.228 e. The van der Waals surface area contributed by atoms with Gasteiger partial charge in [0.15, 0.2) is 0 Å². The van der Waals surface area contributed by atoms with E-state index in [1.165, 1.54) is 12.1 Å². The number of hydrogen-bond donors (Lipinski definition) is 1. The van der Waals surface area contributed by atoms with Crippen molar-refractivity contribution in [3.05, 3.63) is 64.1 Å². The lowest BCUT2D eigenvalue weighted by Gasteiger charge is -2.07. The molecule has 0 atom stereocenters. The Labute approximate surface area is 138 Å². The van der Waals surface area contributed by atoms with Gasteiger partial charge in [0, 0.05) is 10.9 Å². The Morgan fingerprint density at radius 2 is 2.04 bits per heavy atom. The average molecular weight is 332 g/mol. The first-order valence-electron chi connectivity index (χ1n) is 7.17. The fourth-order valence-corrected chi connectivity index (χ4v) is 2.70. The number of furan rings is 1. The van der Waals surface area contributed by atoms with Crippen LogP contribution in [-0.2, 0) is 11.2 Å². The maximum absolute atomic E-state index is 13.0. The molecule has 0 unspecified atom stereocenters. The highest BCUT2D eigenvalue weighted by Gasteiger charge is 2.14. The molecule has 5 heteroatoms. The molecule has 3 rings (SSSR count). The Hall–Kier alpha value is -2.33. The molecule has 0 aliphatic carbocycles. The lowest BCUT2D eigenvalue weighted by molar-refractivity contribution is -0.115. The number of hydrogen-bond acceptors (Lipinski definition) is 2. The second kappa shape index (κ2) is 6.05. The number of benzene rings is 2. The van der Waals surface area contributed by atoms with Crippen molar-refractivity contribution in [2.24, 2.45) is 0 Å². The van der Waals surface area contributed by atoms with Crippen LogP contribution >= 0.6 is 11.6 Å². The van der Waals surface area contributed by atoms with E-state index in [4.69, 9.17) is 16.0 Å². The van der Waals surface area contributed by atoms with Crippen LogP contribution < -0.4 is 5.32 Å². The molecule has 1 amide bonds. The SMILES string of the molecule is Cc1ccc2c(CC(=O)Nc3ccc(F)cc3Cl)coc2c1C. The number of aryl methyl sites for hydroxylation is 2.